The maximum absolute atomic E-state index is 12.5. The average molecular weight is 413 g/mol. The van der Waals surface area contributed by atoms with E-state index >= 15 is 0 Å². The van der Waals surface area contributed by atoms with E-state index in [2.05, 4.69) is 4.74 Å². The Bertz CT molecular complexity index is 1000. The van der Waals surface area contributed by atoms with Crippen LogP contribution in [0.15, 0.2) is 30.3 Å². The topological polar surface area (TPSA) is 93.1 Å². The maximum atomic E-state index is 12.5. The van der Waals surface area contributed by atoms with E-state index in [1.165, 1.54) is 13.2 Å². The number of hydrogen-bond acceptors (Lipinski definition) is 7. The predicted octanol–water partition coefficient (Wildman–Crippen LogP) is 2.84. The number of aryl methyl sites for hydroxylation is 1. The molecule has 0 bridgehead atoms. The fourth-order valence-electron chi connectivity index (χ4n) is 3.18. The molecule has 0 N–H and O–H groups in total. The van der Waals surface area contributed by atoms with Gasteiger partial charge in [0.05, 0.1) is 13.5 Å². The molecule has 158 valence electrons. The first-order valence-electron chi connectivity index (χ1n) is 9.40. The highest BCUT2D eigenvalue weighted by atomic mass is 16.7. The Balaban J connectivity index is 1.56. The Morgan fingerprint density at radius 3 is 2.67 bits per heavy atom. The highest BCUT2D eigenvalue weighted by molar-refractivity contribution is 6.00. The van der Waals surface area contributed by atoms with E-state index in [0.29, 0.717) is 29.3 Å². The third kappa shape index (κ3) is 4.89. The minimum atomic E-state index is -0.625. The molecule has 0 saturated carbocycles. The van der Waals surface area contributed by atoms with Crippen LogP contribution in [-0.2, 0) is 25.6 Å². The minimum Gasteiger partial charge on any atom is -0.469 e. The van der Waals surface area contributed by atoms with Crippen molar-refractivity contribution >= 4 is 23.8 Å². The van der Waals surface area contributed by atoms with E-state index in [9.17, 15) is 14.4 Å². The van der Waals surface area contributed by atoms with Gasteiger partial charge < -0.3 is 23.5 Å². The number of benzene rings is 1. The zero-order valence-electron chi connectivity index (χ0n) is 17.1. The minimum absolute atomic E-state index is 0.177. The van der Waals surface area contributed by atoms with Gasteiger partial charge in [-0.15, -0.1) is 0 Å². The summed E-state index contributed by atoms with van der Waals surface area (Å²) >= 11 is 0. The monoisotopic (exact) mass is 413 g/mol. The van der Waals surface area contributed by atoms with Gasteiger partial charge in [0.15, 0.2) is 18.1 Å². The molecule has 1 aromatic heterocycles. The van der Waals surface area contributed by atoms with E-state index < -0.39 is 5.97 Å². The Morgan fingerprint density at radius 1 is 1.13 bits per heavy atom. The molecule has 0 amide bonds. The molecule has 0 spiro atoms. The molecule has 3 rings (SSSR count). The molecule has 0 aliphatic carbocycles. The first-order chi connectivity index (χ1) is 14.4. The number of ether oxygens (including phenoxy) is 4. The van der Waals surface area contributed by atoms with Crippen LogP contribution < -0.4 is 9.47 Å². The maximum Gasteiger partial charge on any atom is 0.331 e. The van der Waals surface area contributed by atoms with Crippen molar-refractivity contribution in [3.63, 3.8) is 0 Å². The second kappa shape index (κ2) is 9.30. The molecule has 2 heterocycles. The Kier molecular flexibility index (Phi) is 6.56. The van der Waals surface area contributed by atoms with Gasteiger partial charge in [-0.1, -0.05) is 6.07 Å². The number of hydrogen-bond donors (Lipinski definition) is 0. The summed E-state index contributed by atoms with van der Waals surface area (Å²) in [7, 11) is 1.34. The third-order valence-corrected chi connectivity index (χ3v) is 4.80. The number of carbonyl (C=O) groups excluding carboxylic acids is 3. The van der Waals surface area contributed by atoms with Crippen molar-refractivity contribution < 1.29 is 33.3 Å². The van der Waals surface area contributed by atoms with Crippen molar-refractivity contribution in [3.8, 4) is 11.5 Å². The number of fused-ring (bicyclic) bond motifs is 1. The zero-order valence-corrected chi connectivity index (χ0v) is 17.1. The van der Waals surface area contributed by atoms with Gasteiger partial charge in [0, 0.05) is 29.6 Å². The predicted molar refractivity (Wildman–Crippen MR) is 107 cm³/mol. The second-order valence-corrected chi connectivity index (χ2v) is 6.74. The molecule has 8 heteroatoms. The van der Waals surface area contributed by atoms with Crippen LogP contribution in [0.25, 0.3) is 6.08 Å². The quantitative estimate of drug-likeness (QED) is 0.373. The summed E-state index contributed by atoms with van der Waals surface area (Å²) in [5.41, 5.74) is 2.77. The molecular weight excluding hydrogens is 390 g/mol. The van der Waals surface area contributed by atoms with Gasteiger partial charge in [0.2, 0.25) is 12.6 Å². The SMILES string of the molecule is COC(=O)CCn1c(C)cc(C(=O)COC(=O)/C=C/c2ccc3c(c2)OCO3)c1C. The van der Waals surface area contributed by atoms with Gasteiger partial charge in [0.25, 0.3) is 0 Å². The summed E-state index contributed by atoms with van der Waals surface area (Å²) in [6.45, 7) is 3.86. The molecule has 2 aromatic rings. The number of methoxy groups -OCH3 is 1. The summed E-state index contributed by atoms with van der Waals surface area (Å²) in [5.74, 6) is 0.0177. The number of aromatic nitrogens is 1. The molecule has 8 nitrogen and oxygen atoms in total. The van der Waals surface area contributed by atoms with E-state index in [-0.39, 0.29) is 31.6 Å². The van der Waals surface area contributed by atoms with Gasteiger partial charge in [-0.2, -0.15) is 0 Å². The average Bonchev–Trinajstić information content (AvgIpc) is 3.32. The van der Waals surface area contributed by atoms with E-state index in [1.807, 2.05) is 11.5 Å². The van der Waals surface area contributed by atoms with E-state index in [4.69, 9.17) is 14.2 Å². The van der Waals surface area contributed by atoms with Crippen LogP contribution in [0.5, 0.6) is 11.5 Å². The van der Waals surface area contributed by atoms with Gasteiger partial charge in [0.1, 0.15) is 0 Å². The van der Waals surface area contributed by atoms with E-state index in [0.717, 1.165) is 11.3 Å². The number of rotatable bonds is 8. The Morgan fingerprint density at radius 2 is 1.90 bits per heavy atom. The number of Topliss-reactive ketones (excluding diaryl/α,β-unsaturated/α-hetero) is 1. The lowest BCUT2D eigenvalue weighted by Crippen LogP contribution is -2.14. The molecule has 0 unspecified atom stereocenters. The fourth-order valence-corrected chi connectivity index (χ4v) is 3.18. The van der Waals surface area contributed by atoms with Crippen LogP contribution in [0.1, 0.15) is 33.7 Å². The van der Waals surface area contributed by atoms with Crippen molar-refractivity contribution in [3.05, 3.63) is 52.9 Å². The highest BCUT2D eigenvalue weighted by Gasteiger charge is 2.18. The van der Waals surface area contributed by atoms with Crippen LogP contribution >= 0.6 is 0 Å². The van der Waals surface area contributed by atoms with Crippen molar-refractivity contribution in [1.82, 2.24) is 4.57 Å². The zero-order chi connectivity index (χ0) is 21.7. The van der Waals surface area contributed by atoms with Crippen molar-refractivity contribution in [2.45, 2.75) is 26.8 Å². The molecule has 0 fully saturated rings. The van der Waals surface area contributed by atoms with Crippen molar-refractivity contribution in [2.24, 2.45) is 0 Å². The lowest BCUT2D eigenvalue weighted by molar-refractivity contribution is -0.141. The molecular formula is C22H23NO7. The van der Waals surface area contributed by atoms with Gasteiger partial charge in [-0.3, -0.25) is 9.59 Å². The highest BCUT2D eigenvalue weighted by Crippen LogP contribution is 2.32. The van der Waals surface area contributed by atoms with Crippen LogP contribution in [-0.4, -0.2) is 42.8 Å². The molecule has 1 aliphatic rings. The summed E-state index contributed by atoms with van der Waals surface area (Å²) in [4.78, 5) is 35.8. The van der Waals surface area contributed by atoms with Crippen molar-refractivity contribution in [2.75, 3.05) is 20.5 Å². The molecule has 0 radical (unpaired) electrons. The first-order valence-corrected chi connectivity index (χ1v) is 9.40. The van der Waals surface area contributed by atoms with Crippen molar-refractivity contribution in [1.29, 1.82) is 0 Å². The normalized spacial score (nSPS) is 12.2. The van der Waals surface area contributed by atoms with Gasteiger partial charge >= 0.3 is 11.9 Å². The van der Waals surface area contributed by atoms with Gasteiger partial charge in [-0.25, -0.2) is 4.79 Å². The molecule has 30 heavy (non-hydrogen) atoms. The molecule has 1 aliphatic heterocycles. The smallest absolute Gasteiger partial charge is 0.331 e. The number of esters is 2. The number of carbonyl (C=O) groups is 3. The summed E-state index contributed by atoms with van der Waals surface area (Å²) in [6.07, 6.45) is 3.04. The Labute approximate surface area is 174 Å². The Hall–Kier alpha value is -3.55. The summed E-state index contributed by atoms with van der Waals surface area (Å²) < 4.78 is 22.1. The van der Waals surface area contributed by atoms with E-state index in [1.54, 1.807) is 37.3 Å². The van der Waals surface area contributed by atoms with Crippen LogP contribution in [0.4, 0.5) is 0 Å². The van der Waals surface area contributed by atoms with Crippen LogP contribution in [0, 0.1) is 13.8 Å². The first kappa shape index (κ1) is 21.2. The lowest BCUT2D eigenvalue weighted by Gasteiger charge is -2.09. The van der Waals surface area contributed by atoms with Crippen LogP contribution in [0.3, 0.4) is 0 Å². The second-order valence-electron chi connectivity index (χ2n) is 6.74. The fraction of sp³-hybridized carbons (Fsp3) is 0.318. The standard InChI is InChI=1S/C22H23NO7/c1-14-10-17(15(2)23(14)9-8-21(25)27-3)18(24)12-28-22(26)7-5-16-4-6-19-20(11-16)30-13-29-19/h4-7,10-11H,8-9,12-13H2,1-3H3/b7-5+. The third-order valence-electron chi connectivity index (χ3n) is 4.80. The summed E-state index contributed by atoms with van der Waals surface area (Å²) in [5, 5.41) is 0. The molecule has 1 aromatic carbocycles. The molecule has 0 atom stereocenters. The van der Waals surface area contributed by atoms with Crippen LogP contribution in [0.2, 0.25) is 0 Å². The summed E-state index contributed by atoms with van der Waals surface area (Å²) in [6, 6.07) is 7.02. The molecule has 0 saturated heterocycles. The number of nitrogens with zero attached hydrogens (tertiary/aromatic N) is 1. The lowest BCUT2D eigenvalue weighted by atomic mass is 10.1. The largest absolute Gasteiger partial charge is 0.469 e. The number of ketones is 1. The van der Waals surface area contributed by atoms with Gasteiger partial charge in [-0.05, 0) is 43.7 Å².